The molecule has 150 valence electrons. The third-order valence-corrected chi connectivity index (χ3v) is 5.88. The fourth-order valence-electron chi connectivity index (χ4n) is 4.47. The third-order valence-electron chi connectivity index (χ3n) is 5.88. The Morgan fingerprint density at radius 3 is 2.66 bits per heavy atom. The number of hydrogen-bond acceptors (Lipinski definition) is 6. The third kappa shape index (κ3) is 3.94. The van der Waals surface area contributed by atoms with Gasteiger partial charge in [0, 0.05) is 38.9 Å². The molecular weight excluding hydrogens is 364 g/mol. The van der Waals surface area contributed by atoms with E-state index >= 15 is 0 Å². The van der Waals surface area contributed by atoms with E-state index in [2.05, 4.69) is 59.9 Å². The number of β-amino-alcohol motifs (C(OH)–C–C–N with tert-alkyl or cyclic N) is 1. The molecule has 2 atom stereocenters. The van der Waals surface area contributed by atoms with E-state index in [-0.39, 0.29) is 12.1 Å². The largest absolute Gasteiger partial charge is 0.392 e. The molecular formula is C22H26N6O. The molecule has 3 aromatic rings. The first-order valence-electron chi connectivity index (χ1n) is 10.3. The Bertz CT molecular complexity index is 944. The van der Waals surface area contributed by atoms with Crippen molar-refractivity contribution in [3.63, 3.8) is 0 Å². The molecule has 0 radical (unpaired) electrons. The number of pyridine rings is 1. The Morgan fingerprint density at radius 2 is 1.83 bits per heavy atom. The average molecular weight is 390 g/mol. The van der Waals surface area contributed by atoms with Gasteiger partial charge in [-0.25, -0.2) is 0 Å². The smallest absolute Gasteiger partial charge is 0.150 e. The molecule has 1 N–H and O–H groups in total. The molecule has 1 aromatic carbocycles. The molecule has 2 aliphatic heterocycles. The van der Waals surface area contributed by atoms with Gasteiger partial charge in [-0.15, -0.1) is 10.2 Å². The standard InChI is InChI=1S/C22H26N6O/c29-19-12-20(27(15-19)13-17-6-2-1-3-7-17)22-25-24-21-16-26(10-11-28(21)22)14-18-8-4-5-9-23-18/h1-9,19-20,29H,10-16H2/t19-,20+/m1/s1. The molecule has 0 amide bonds. The number of benzene rings is 1. The fourth-order valence-corrected chi connectivity index (χ4v) is 4.47. The number of rotatable bonds is 5. The van der Waals surface area contributed by atoms with Crippen molar-refractivity contribution in [1.82, 2.24) is 29.5 Å². The zero-order chi connectivity index (χ0) is 19.6. The first-order valence-corrected chi connectivity index (χ1v) is 10.3. The molecule has 2 aromatic heterocycles. The van der Waals surface area contributed by atoms with Gasteiger partial charge in [-0.3, -0.25) is 14.8 Å². The molecule has 0 bridgehead atoms. The average Bonchev–Trinajstić information content (AvgIpc) is 3.32. The summed E-state index contributed by atoms with van der Waals surface area (Å²) in [6.45, 7) is 4.91. The number of nitrogens with zero attached hydrogens (tertiary/aromatic N) is 6. The van der Waals surface area contributed by atoms with Crippen LogP contribution in [0.25, 0.3) is 0 Å². The van der Waals surface area contributed by atoms with Crippen LogP contribution in [0, 0.1) is 0 Å². The van der Waals surface area contributed by atoms with Crippen LogP contribution in [0.1, 0.15) is 35.4 Å². The van der Waals surface area contributed by atoms with Gasteiger partial charge < -0.3 is 9.67 Å². The molecule has 29 heavy (non-hydrogen) atoms. The van der Waals surface area contributed by atoms with Gasteiger partial charge in [0.05, 0.1) is 24.4 Å². The topological polar surface area (TPSA) is 70.3 Å². The lowest BCUT2D eigenvalue weighted by Gasteiger charge is -2.29. The van der Waals surface area contributed by atoms with E-state index < -0.39 is 0 Å². The lowest BCUT2D eigenvalue weighted by molar-refractivity contribution is 0.171. The van der Waals surface area contributed by atoms with Crippen LogP contribution in [0.5, 0.6) is 0 Å². The number of aliphatic hydroxyl groups excluding tert-OH is 1. The summed E-state index contributed by atoms with van der Waals surface area (Å²) < 4.78 is 2.26. The SMILES string of the molecule is O[C@@H]1C[C@@H](c2nnc3n2CCN(Cc2ccccn2)C3)N(Cc2ccccc2)C1. The second kappa shape index (κ2) is 8.02. The summed E-state index contributed by atoms with van der Waals surface area (Å²) >= 11 is 0. The monoisotopic (exact) mass is 390 g/mol. The summed E-state index contributed by atoms with van der Waals surface area (Å²) in [5, 5.41) is 19.4. The molecule has 5 rings (SSSR count). The molecule has 7 heteroatoms. The van der Waals surface area contributed by atoms with Crippen molar-refractivity contribution in [2.75, 3.05) is 13.1 Å². The van der Waals surface area contributed by atoms with E-state index in [1.807, 2.05) is 24.4 Å². The van der Waals surface area contributed by atoms with Crippen LogP contribution in [-0.4, -0.2) is 53.8 Å². The molecule has 7 nitrogen and oxygen atoms in total. The Kier molecular flexibility index (Phi) is 5.10. The van der Waals surface area contributed by atoms with E-state index in [4.69, 9.17) is 0 Å². The van der Waals surface area contributed by atoms with Gasteiger partial charge in [-0.1, -0.05) is 36.4 Å². The van der Waals surface area contributed by atoms with Crippen LogP contribution >= 0.6 is 0 Å². The van der Waals surface area contributed by atoms with E-state index in [9.17, 15) is 5.11 Å². The highest BCUT2D eigenvalue weighted by Gasteiger charge is 2.36. The Hall–Kier alpha value is -2.61. The number of hydrogen-bond donors (Lipinski definition) is 1. The normalized spacial score (nSPS) is 22.7. The Balaban J connectivity index is 1.32. The summed E-state index contributed by atoms with van der Waals surface area (Å²) in [4.78, 5) is 9.13. The van der Waals surface area contributed by atoms with Crippen LogP contribution in [-0.2, 0) is 26.2 Å². The molecule has 4 heterocycles. The van der Waals surface area contributed by atoms with Crippen molar-refractivity contribution in [3.8, 4) is 0 Å². The molecule has 1 saturated heterocycles. The lowest BCUT2D eigenvalue weighted by Crippen LogP contribution is -2.35. The zero-order valence-electron chi connectivity index (χ0n) is 16.4. The van der Waals surface area contributed by atoms with Crippen LogP contribution in [0.4, 0.5) is 0 Å². The molecule has 0 saturated carbocycles. The summed E-state index contributed by atoms with van der Waals surface area (Å²) in [7, 11) is 0. The van der Waals surface area contributed by atoms with Crippen molar-refractivity contribution in [2.45, 2.75) is 44.7 Å². The predicted octanol–water partition coefficient (Wildman–Crippen LogP) is 2.00. The Morgan fingerprint density at radius 1 is 0.966 bits per heavy atom. The highest BCUT2D eigenvalue weighted by molar-refractivity contribution is 5.16. The molecule has 2 aliphatic rings. The lowest BCUT2D eigenvalue weighted by atomic mass is 10.1. The predicted molar refractivity (Wildman–Crippen MR) is 109 cm³/mol. The van der Waals surface area contributed by atoms with Crippen molar-refractivity contribution in [3.05, 3.63) is 77.6 Å². The zero-order valence-corrected chi connectivity index (χ0v) is 16.4. The van der Waals surface area contributed by atoms with E-state index in [1.54, 1.807) is 0 Å². The van der Waals surface area contributed by atoms with Crippen molar-refractivity contribution >= 4 is 0 Å². The molecule has 1 fully saturated rings. The van der Waals surface area contributed by atoms with Gasteiger partial charge in [-0.05, 0) is 24.1 Å². The summed E-state index contributed by atoms with van der Waals surface area (Å²) in [5.41, 5.74) is 2.33. The van der Waals surface area contributed by atoms with Crippen LogP contribution < -0.4 is 0 Å². The quantitative estimate of drug-likeness (QED) is 0.719. The second-order valence-electron chi connectivity index (χ2n) is 7.98. The Labute approximate surface area is 170 Å². The second-order valence-corrected chi connectivity index (χ2v) is 7.98. The van der Waals surface area contributed by atoms with E-state index in [0.29, 0.717) is 13.0 Å². The molecule has 0 spiro atoms. The summed E-state index contributed by atoms with van der Waals surface area (Å²) in [6.07, 6.45) is 2.23. The van der Waals surface area contributed by atoms with Gasteiger partial charge in [-0.2, -0.15) is 0 Å². The van der Waals surface area contributed by atoms with Gasteiger partial charge >= 0.3 is 0 Å². The first kappa shape index (κ1) is 18.4. The molecule has 0 unspecified atom stereocenters. The van der Waals surface area contributed by atoms with E-state index in [1.165, 1.54) is 5.56 Å². The van der Waals surface area contributed by atoms with Gasteiger partial charge in [0.2, 0.25) is 0 Å². The van der Waals surface area contributed by atoms with Crippen molar-refractivity contribution < 1.29 is 5.11 Å². The highest BCUT2D eigenvalue weighted by Crippen LogP contribution is 2.33. The maximum Gasteiger partial charge on any atom is 0.150 e. The number of aliphatic hydroxyl groups is 1. The minimum absolute atomic E-state index is 0.105. The van der Waals surface area contributed by atoms with E-state index in [0.717, 1.165) is 50.1 Å². The number of likely N-dealkylation sites (tertiary alicyclic amines) is 1. The van der Waals surface area contributed by atoms with Crippen molar-refractivity contribution in [2.24, 2.45) is 0 Å². The van der Waals surface area contributed by atoms with Crippen LogP contribution in [0.15, 0.2) is 54.7 Å². The number of aromatic nitrogens is 4. The maximum absolute atomic E-state index is 10.3. The summed E-state index contributed by atoms with van der Waals surface area (Å²) in [5.74, 6) is 1.99. The van der Waals surface area contributed by atoms with Crippen LogP contribution in [0.2, 0.25) is 0 Å². The fraction of sp³-hybridized carbons (Fsp3) is 0.409. The minimum atomic E-state index is -0.319. The van der Waals surface area contributed by atoms with Gasteiger partial charge in [0.15, 0.2) is 5.82 Å². The number of fused-ring (bicyclic) bond motifs is 1. The van der Waals surface area contributed by atoms with Gasteiger partial charge in [0.1, 0.15) is 5.82 Å². The molecule has 0 aliphatic carbocycles. The maximum atomic E-state index is 10.3. The van der Waals surface area contributed by atoms with Crippen LogP contribution in [0.3, 0.4) is 0 Å². The minimum Gasteiger partial charge on any atom is -0.392 e. The summed E-state index contributed by atoms with van der Waals surface area (Å²) in [6, 6.07) is 16.6. The highest BCUT2D eigenvalue weighted by atomic mass is 16.3. The first-order chi connectivity index (χ1) is 14.3. The van der Waals surface area contributed by atoms with Gasteiger partial charge in [0.25, 0.3) is 0 Å². The van der Waals surface area contributed by atoms with Crippen molar-refractivity contribution in [1.29, 1.82) is 0 Å².